The summed E-state index contributed by atoms with van der Waals surface area (Å²) in [5.41, 5.74) is 0.575. The fourth-order valence-corrected chi connectivity index (χ4v) is 10.6. The first-order valence-corrected chi connectivity index (χ1v) is 13.6. The molecule has 0 aromatic heterocycles. The van der Waals surface area contributed by atoms with E-state index in [-0.39, 0.29) is 38.9 Å². The minimum atomic E-state index is -0.806. The first kappa shape index (κ1) is 23.8. The van der Waals surface area contributed by atoms with Gasteiger partial charge in [0.2, 0.25) is 0 Å². The Bertz CT molecular complexity index is 927. The van der Waals surface area contributed by atoms with Crippen LogP contribution in [0.3, 0.4) is 0 Å². The Hall–Kier alpha value is -0.960. The monoisotopic (exact) mass is 454 g/mol. The van der Waals surface area contributed by atoms with Crippen molar-refractivity contribution in [2.75, 3.05) is 0 Å². The van der Waals surface area contributed by atoms with Crippen molar-refractivity contribution in [2.24, 2.45) is 44.8 Å². The summed E-state index contributed by atoms with van der Waals surface area (Å²) in [5.74, 6) is 1.26. The maximum absolute atomic E-state index is 14.0. The van der Waals surface area contributed by atoms with Gasteiger partial charge in [-0.3, -0.25) is 9.59 Å². The van der Waals surface area contributed by atoms with Gasteiger partial charge in [0.15, 0.2) is 0 Å². The number of rotatable bonds is 4. The predicted octanol–water partition coefficient (Wildman–Crippen LogP) is 6.67. The molecule has 0 heterocycles. The first-order chi connectivity index (χ1) is 15.2. The molecule has 0 aromatic rings. The summed E-state index contributed by atoms with van der Waals surface area (Å²) in [6.45, 7) is 15.8. The van der Waals surface area contributed by atoms with Crippen molar-refractivity contribution >= 4 is 11.6 Å². The van der Waals surface area contributed by atoms with Gasteiger partial charge in [0.25, 0.3) is 0 Å². The quantitative estimate of drug-likeness (QED) is 0.483. The average molecular weight is 455 g/mol. The van der Waals surface area contributed by atoms with Crippen LogP contribution in [0.5, 0.6) is 0 Å². The Balaban J connectivity index is 1.48. The fraction of sp³-hybridized carbons (Fsp3) is 0.867. The summed E-state index contributed by atoms with van der Waals surface area (Å²) in [4.78, 5) is 26.9. The van der Waals surface area contributed by atoms with Crippen LogP contribution in [0.2, 0.25) is 0 Å². The molecule has 3 heteroatoms. The second-order valence-electron chi connectivity index (χ2n) is 14.3. The van der Waals surface area contributed by atoms with Crippen LogP contribution in [0, 0.1) is 44.8 Å². The highest BCUT2D eigenvalue weighted by Crippen LogP contribution is 2.86. The second kappa shape index (κ2) is 6.83. The van der Waals surface area contributed by atoms with Gasteiger partial charge in [-0.1, -0.05) is 39.3 Å². The molecule has 33 heavy (non-hydrogen) atoms. The van der Waals surface area contributed by atoms with E-state index in [0.717, 1.165) is 51.4 Å². The number of Topliss-reactive ketones (excluding diaryl/α,β-unsaturated/α-hetero) is 2. The molecule has 9 atom stereocenters. The summed E-state index contributed by atoms with van der Waals surface area (Å²) in [7, 11) is 0. The van der Waals surface area contributed by atoms with Gasteiger partial charge in [0.1, 0.15) is 11.6 Å². The summed E-state index contributed by atoms with van der Waals surface area (Å²) in [6, 6.07) is 0. The molecule has 3 nitrogen and oxygen atoms in total. The van der Waals surface area contributed by atoms with E-state index in [1.807, 2.05) is 6.92 Å². The maximum atomic E-state index is 14.0. The second-order valence-corrected chi connectivity index (χ2v) is 14.3. The van der Waals surface area contributed by atoms with E-state index in [9.17, 15) is 14.7 Å². The lowest BCUT2D eigenvalue weighted by Crippen LogP contribution is -2.64. The van der Waals surface area contributed by atoms with Gasteiger partial charge in [-0.05, 0) is 106 Å². The average Bonchev–Trinajstić information content (AvgIpc) is 3.18. The zero-order valence-corrected chi connectivity index (χ0v) is 22.1. The lowest BCUT2D eigenvalue weighted by Gasteiger charge is -2.67. The van der Waals surface area contributed by atoms with Gasteiger partial charge >= 0.3 is 0 Å². The third-order valence-electron chi connectivity index (χ3n) is 12.9. The van der Waals surface area contributed by atoms with Crippen molar-refractivity contribution in [3.05, 3.63) is 11.6 Å². The molecular weight excluding hydrogens is 408 g/mol. The molecule has 0 bridgehead atoms. The highest BCUT2D eigenvalue weighted by atomic mass is 16.3. The molecule has 0 aromatic carbocycles. The SMILES string of the molecule is CC(C)=CCC[C@@](C)(O)C1CC[C@]2(C)C1C(=O)CC1[C@@]3(C)CCC(=O)[C@]4(C)CC43CC[C@]12C. The lowest BCUT2D eigenvalue weighted by molar-refractivity contribution is -0.200. The van der Waals surface area contributed by atoms with Gasteiger partial charge in [-0.2, -0.15) is 0 Å². The highest BCUT2D eigenvalue weighted by molar-refractivity contribution is 5.91. The molecule has 0 aliphatic heterocycles. The molecule has 0 saturated heterocycles. The molecule has 5 aliphatic carbocycles. The maximum Gasteiger partial charge on any atom is 0.139 e. The number of ketones is 2. The number of aliphatic hydroxyl groups is 1. The van der Waals surface area contributed by atoms with Crippen LogP contribution >= 0.6 is 0 Å². The molecule has 184 valence electrons. The first-order valence-electron chi connectivity index (χ1n) is 13.6. The molecule has 1 spiro atoms. The smallest absolute Gasteiger partial charge is 0.139 e. The van der Waals surface area contributed by atoms with Crippen molar-refractivity contribution in [3.8, 4) is 0 Å². The van der Waals surface area contributed by atoms with E-state index in [1.54, 1.807) is 0 Å². The van der Waals surface area contributed by atoms with Crippen molar-refractivity contribution in [2.45, 2.75) is 118 Å². The Morgan fingerprint density at radius 1 is 1.03 bits per heavy atom. The summed E-state index contributed by atoms with van der Waals surface area (Å²) in [6.07, 6.45) is 11.4. The van der Waals surface area contributed by atoms with Gasteiger partial charge < -0.3 is 5.11 Å². The van der Waals surface area contributed by atoms with Crippen molar-refractivity contribution in [1.82, 2.24) is 0 Å². The topological polar surface area (TPSA) is 54.4 Å². The molecule has 5 fully saturated rings. The number of carbonyl (C=O) groups excluding carboxylic acids is 2. The number of hydrogen-bond donors (Lipinski definition) is 1. The zero-order chi connectivity index (χ0) is 24.2. The summed E-state index contributed by atoms with van der Waals surface area (Å²) in [5, 5.41) is 11.6. The van der Waals surface area contributed by atoms with E-state index in [0.29, 0.717) is 30.3 Å². The van der Waals surface area contributed by atoms with Crippen molar-refractivity contribution in [1.29, 1.82) is 0 Å². The normalized spacial score (nSPS) is 52.2. The number of fused-ring (bicyclic) bond motifs is 4. The predicted molar refractivity (Wildman–Crippen MR) is 132 cm³/mol. The molecular formula is C30H46O3. The molecule has 0 amide bonds. The Labute approximate surface area is 201 Å². The Kier molecular flexibility index (Phi) is 4.92. The van der Waals surface area contributed by atoms with Gasteiger partial charge in [-0.25, -0.2) is 0 Å². The van der Waals surface area contributed by atoms with Crippen molar-refractivity contribution < 1.29 is 14.7 Å². The Morgan fingerprint density at radius 2 is 1.73 bits per heavy atom. The van der Waals surface area contributed by atoms with Crippen LogP contribution in [0.4, 0.5) is 0 Å². The van der Waals surface area contributed by atoms with Crippen LogP contribution in [0.1, 0.15) is 113 Å². The molecule has 5 aliphatic rings. The number of allylic oxidation sites excluding steroid dienone is 2. The van der Waals surface area contributed by atoms with Crippen LogP contribution in [0.15, 0.2) is 11.6 Å². The third kappa shape index (κ3) is 2.72. The van der Waals surface area contributed by atoms with E-state index in [2.05, 4.69) is 47.6 Å². The van der Waals surface area contributed by atoms with Crippen LogP contribution < -0.4 is 0 Å². The van der Waals surface area contributed by atoms with E-state index < -0.39 is 5.60 Å². The van der Waals surface area contributed by atoms with Crippen molar-refractivity contribution in [3.63, 3.8) is 0 Å². The Morgan fingerprint density at radius 3 is 2.39 bits per heavy atom. The summed E-state index contributed by atoms with van der Waals surface area (Å²) < 4.78 is 0. The lowest BCUT2D eigenvalue weighted by atomic mass is 9.36. The van der Waals surface area contributed by atoms with E-state index in [4.69, 9.17) is 0 Å². The van der Waals surface area contributed by atoms with Crippen LogP contribution in [-0.2, 0) is 9.59 Å². The van der Waals surface area contributed by atoms with Crippen LogP contribution in [-0.4, -0.2) is 22.3 Å². The van der Waals surface area contributed by atoms with Gasteiger partial charge in [0.05, 0.1) is 5.60 Å². The standard InChI is InChI=1S/C30H46O3/c1-19(2)9-8-12-29(7,33)20-10-13-27(5)24(20)21(31)17-22-25(27,3)15-16-30-18-28(30,6)23(32)11-14-26(22,30)4/h9,20,22,24,33H,8,10-18H2,1-7H3/t20?,22?,24?,25-,26-,27-,28+,29-,30?/m1/s1. The van der Waals surface area contributed by atoms with Gasteiger partial charge in [0, 0.05) is 24.2 Å². The molecule has 1 N–H and O–H groups in total. The molecule has 5 rings (SSSR count). The minimum absolute atomic E-state index is 0.0334. The zero-order valence-electron chi connectivity index (χ0n) is 22.1. The summed E-state index contributed by atoms with van der Waals surface area (Å²) >= 11 is 0. The highest BCUT2D eigenvalue weighted by Gasteiger charge is 2.82. The van der Waals surface area contributed by atoms with E-state index in [1.165, 1.54) is 5.57 Å². The van der Waals surface area contributed by atoms with Crippen LogP contribution in [0.25, 0.3) is 0 Å². The van der Waals surface area contributed by atoms with Gasteiger partial charge in [-0.15, -0.1) is 0 Å². The molecule has 4 unspecified atom stereocenters. The third-order valence-corrected chi connectivity index (χ3v) is 12.9. The number of carbonyl (C=O) groups is 2. The largest absolute Gasteiger partial charge is 0.390 e. The molecule has 5 saturated carbocycles. The van der Waals surface area contributed by atoms with E-state index >= 15 is 0 Å². The minimum Gasteiger partial charge on any atom is -0.390 e. The number of hydrogen-bond acceptors (Lipinski definition) is 3. The molecule has 0 radical (unpaired) electrons. The fourth-order valence-electron chi connectivity index (χ4n) is 10.6.